The Hall–Kier alpha value is -5.55. The van der Waals surface area contributed by atoms with Crippen molar-refractivity contribution in [3.63, 3.8) is 0 Å². The normalized spacial score (nSPS) is 23.6. The molecule has 6 aliphatic rings. The number of nitrogens with one attached hydrogen (secondary N) is 3. The maximum atomic E-state index is 15.1. The van der Waals surface area contributed by atoms with Crippen LogP contribution in [0.15, 0.2) is 47.4 Å². The first-order valence-electron chi connectivity index (χ1n) is 21.6. The number of halogens is 3. The minimum Gasteiger partial charge on any atom is -0.480 e. The number of likely N-dealkylation sites (tertiary alicyclic amines) is 1. The highest BCUT2D eigenvalue weighted by atomic mass is 35.5. The second-order valence-corrected chi connectivity index (χ2v) is 18.9. The van der Waals surface area contributed by atoms with Gasteiger partial charge in [0.2, 0.25) is 23.5 Å². The summed E-state index contributed by atoms with van der Waals surface area (Å²) in [6.45, 7) is 6.02. The van der Waals surface area contributed by atoms with E-state index in [1.807, 2.05) is 23.9 Å². The zero-order valence-electron chi connectivity index (χ0n) is 34.6. The van der Waals surface area contributed by atoms with Crippen molar-refractivity contribution in [2.45, 2.75) is 56.4 Å². The molecule has 2 amide bonds. The third-order valence-electron chi connectivity index (χ3n) is 14.0. The molecule has 1 spiro atoms. The van der Waals surface area contributed by atoms with E-state index in [9.17, 15) is 14.4 Å². The van der Waals surface area contributed by atoms with Crippen LogP contribution in [0.4, 0.5) is 37.6 Å². The number of ether oxygens (including phenoxy) is 1. The highest BCUT2D eigenvalue weighted by Crippen LogP contribution is 2.46. The van der Waals surface area contributed by atoms with Crippen LogP contribution in [0, 0.1) is 17.3 Å². The Labute approximate surface area is 360 Å². The molecule has 5 aromatic rings. The van der Waals surface area contributed by atoms with Crippen LogP contribution in [0.5, 0.6) is 5.75 Å². The summed E-state index contributed by atoms with van der Waals surface area (Å²) in [4.78, 5) is 54.1. The number of fused-ring (bicyclic) bond motifs is 4. The molecule has 3 N–H and O–H groups in total. The fourth-order valence-corrected chi connectivity index (χ4v) is 10.7. The summed E-state index contributed by atoms with van der Waals surface area (Å²) in [5.41, 5.74) is 4.13. The van der Waals surface area contributed by atoms with Gasteiger partial charge in [-0.25, -0.2) is 13.8 Å². The predicted octanol–water partition coefficient (Wildman–Crippen LogP) is 5.39. The van der Waals surface area contributed by atoms with Crippen molar-refractivity contribution in [3.05, 3.63) is 63.7 Å². The number of nitrogens with zero attached hydrogens (tertiary/aromatic N) is 8. The van der Waals surface area contributed by atoms with E-state index in [-0.39, 0.29) is 34.6 Å². The summed E-state index contributed by atoms with van der Waals surface area (Å²) in [6.07, 6.45) is 6.05. The van der Waals surface area contributed by atoms with Gasteiger partial charge < -0.3 is 34.6 Å². The van der Waals surface area contributed by atoms with E-state index in [1.165, 1.54) is 4.57 Å². The number of aromatic nitrogens is 5. The topological polar surface area (TPSA) is 155 Å². The summed E-state index contributed by atoms with van der Waals surface area (Å²) >= 11 is 6.62. The Bertz CT molecular complexity index is 2720. The van der Waals surface area contributed by atoms with Crippen LogP contribution < -0.4 is 36.0 Å². The minimum absolute atomic E-state index is 0.102. The van der Waals surface area contributed by atoms with Crippen LogP contribution in [0.2, 0.25) is 5.02 Å². The largest absolute Gasteiger partial charge is 0.480 e. The summed E-state index contributed by atoms with van der Waals surface area (Å²) in [6, 6.07) is 10.7. The van der Waals surface area contributed by atoms with Gasteiger partial charge >= 0.3 is 5.92 Å². The van der Waals surface area contributed by atoms with Gasteiger partial charge in [-0.3, -0.25) is 24.4 Å². The van der Waals surface area contributed by atoms with E-state index >= 15 is 8.78 Å². The van der Waals surface area contributed by atoms with Crippen molar-refractivity contribution >= 4 is 74.0 Å². The van der Waals surface area contributed by atoms with Crippen molar-refractivity contribution in [2.24, 2.45) is 31.3 Å². The summed E-state index contributed by atoms with van der Waals surface area (Å²) in [5.74, 6) is -2.66. The standard InChI is InChI=1S/C44H48ClF2N11O4/c1-54-32-9-5-26(15-30(32)36-37(41(54)61)62-23-44(46,47)38(51-36)25-3-4-25)49-39-31(45)17-48-42(52-39)58-21-43(22-58)19-56(20-43)18-24-11-13-57(14-12-24)27-6-7-28-33(16-27)55(2)53-35(28)29-8-10-34(59)50-40(29)60/h5-7,9,15-17,24-25,29,38,51H,3-4,8,10-14,18-23H2,1-2H3,(H,48,49,52)(H,50,59,60)/t29?,38-/m0/s1. The number of alkyl halides is 2. The zero-order valence-corrected chi connectivity index (χ0v) is 35.4. The lowest BCUT2D eigenvalue weighted by atomic mass is 9.72. The number of aryl methyl sites for hydroxylation is 2. The molecule has 1 unspecified atom stereocenters. The van der Waals surface area contributed by atoms with Gasteiger partial charge in [-0.05, 0) is 80.3 Å². The van der Waals surface area contributed by atoms with Gasteiger partial charge in [-0.15, -0.1) is 0 Å². The molecule has 1 aliphatic carbocycles. The van der Waals surface area contributed by atoms with Gasteiger partial charge in [0.15, 0.2) is 12.4 Å². The molecule has 1 saturated carbocycles. The van der Waals surface area contributed by atoms with Gasteiger partial charge in [0.25, 0.3) is 5.56 Å². The van der Waals surface area contributed by atoms with E-state index in [2.05, 4.69) is 53.8 Å². The molecule has 2 atom stereocenters. The van der Waals surface area contributed by atoms with E-state index < -0.39 is 30.0 Å². The van der Waals surface area contributed by atoms with E-state index in [1.54, 1.807) is 19.3 Å². The number of piperidine rings is 2. The number of rotatable bonds is 8. The van der Waals surface area contributed by atoms with E-state index in [0.29, 0.717) is 65.0 Å². The van der Waals surface area contributed by atoms with E-state index in [0.717, 1.165) is 80.9 Å². The number of hydrogen-bond acceptors (Lipinski definition) is 12. The first kappa shape index (κ1) is 39.3. The maximum Gasteiger partial charge on any atom is 0.301 e. The third kappa shape index (κ3) is 6.78. The number of hydrogen-bond donors (Lipinski definition) is 3. The van der Waals surface area contributed by atoms with Crippen LogP contribution in [0.3, 0.4) is 0 Å². The van der Waals surface area contributed by atoms with Crippen LogP contribution in [-0.4, -0.2) is 105 Å². The fraction of sp³-hybridized carbons (Fsp3) is 0.500. The minimum atomic E-state index is -3.13. The molecule has 0 bridgehead atoms. The molecule has 324 valence electrons. The molecule has 4 saturated heterocycles. The fourth-order valence-electron chi connectivity index (χ4n) is 10.6. The quantitative estimate of drug-likeness (QED) is 0.172. The molecular formula is C44H48ClF2N11O4. The number of amides is 2. The van der Waals surface area contributed by atoms with Crippen LogP contribution in [0.1, 0.15) is 50.1 Å². The van der Waals surface area contributed by atoms with Crippen molar-refractivity contribution in [3.8, 4) is 5.75 Å². The highest BCUT2D eigenvalue weighted by molar-refractivity contribution is 6.33. The number of carbonyl (C=O) groups excluding carboxylic acids is 2. The summed E-state index contributed by atoms with van der Waals surface area (Å²) in [5, 5.41) is 15.4. The van der Waals surface area contributed by atoms with Crippen LogP contribution >= 0.6 is 11.6 Å². The van der Waals surface area contributed by atoms with Gasteiger partial charge in [0, 0.05) is 93.9 Å². The van der Waals surface area contributed by atoms with Gasteiger partial charge in [-0.2, -0.15) is 10.1 Å². The zero-order chi connectivity index (χ0) is 42.7. The first-order valence-corrected chi connectivity index (χ1v) is 22.0. The molecule has 18 heteroatoms. The highest BCUT2D eigenvalue weighted by Gasteiger charge is 2.53. The molecule has 8 heterocycles. The van der Waals surface area contributed by atoms with E-state index in [4.69, 9.17) is 26.4 Å². The number of pyridine rings is 1. The van der Waals surface area contributed by atoms with Gasteiger partial charge in [0.1, 0.15) is 5.02 Å². The molecule has 0 radical (unpaired) electrons. The Morgan fingerprint density at radius 2 is 1.73 bits per heavy atom. The molecule has 2 aromatic carbocycles. The predicted molar refractivity (Wildman–Crippen MR) is 232 cm³/mol. The first-order chi connectivity index (χ1) is 29.8. The summed E-state index contributed by atoms with van der Waals surface area (Å²) < 4.78 is 39.1. The average molecular weight is 868 g/mol. The van der Waals surface area contributed by atoms with Gasteiger partial charge in [-0.1, -0.05) is 11.6 Å². The lowest BCUT2D eigenvalue weighted by Gasteiger charge is -2.61. The molecule has 3 aromatic heterocycles. The van der Waals surface area contributed by atoms with Crippen molar-refractivity contribution in [2.75, 3.05) is 72.9 Å². The summed E-state index contributed by atoms with van der Waals surface area (Å²) in [7, 11) is 3.52. The third-order valence-corrected chi connectivity index (χ3v) is 14.3. The molecule has 5 aliphatic heterocycles. The second-order valence-electron chi connectivity index (χ2n) is 18.5. The molecular weight excluding hydrogens is 820 g/mol. The molecule has 5 fully saturated rings. The Kier molecular flexibility index (Phi) is 9.20. The monoisotopic (exact) mass is 867 g/mol. The number of imide groups is 1. The Morgan fingerprint density at radius 3 is 2.48 bits per heavy atom. The Balaban J connectivity index is 0.700. The average Bonchev–Trinajstić information content (AvgIpc) is 4.03. The van der Waals surface area contributed by atoms with Gasteiger partial charge in [0.05, 0.1) is 40.6 Å². The smallest absolute Gasteiger partial charge is 0.301 e. The number of benzene rings is 2. The lowest BCUT2D eigenvalue weighted by Crippen LogP contribution is -2.72. The Morgan fingerprint density at radius 1 is 0.935 bits per heavy atom. The molecule has 62 heavy (non-hydrogen) atoms. The molecule has 11 rings (SSSR count). The van der Waals surface area contributed by atoms with Crippen LogP contribution in [-0.2, 0) is 23.7 Å². The SMILES string of the molecule is Cn1nc(C2CCC(=O)NC2=O)c2ccc(N3CCC(CN4CC5(C4)CN(c4ncc(Cl)c(Nc6ccc7c(c6)c6c(c(=O)n7C)OCC(F)(F)[C@H](C7CC7)N6)n4)C5)CC3)cc21. The van der Waals surface area contributed by atoms with Crippen molar-refractivity contribution in [1.82, 2.24) is 34.5 Å². The van der Waals surface area contributed by atoms with Crippen LogP contribution in [0.25, 0.3) is 21.8 Å². The number of anilines is 5. The second kappa shape index (κ2) is 14.5. The number of carbonyl (C=O) groups is 2. The van der Waals surface area contributed by atoms with Crippen molar-refractivity contribution < 1.29 is 23.1 Å². The molecule has 15 nitrogen and oxygen atoms in total. The maximum absolute atomic E-state index is 15.1. The lowest BCUT2D eigenvalue weighted by molar-refractivity contribution is -0.134. The van der Waals surface area contributed by atoms with Crippen molar-refractivity contribution in [1.29, 1.82) is 0 Å².